The number of hydrogen-bond donors (Lipinski definition) is 1. The van der Waals surface area contributed by atoms with Crippen molar-refractivity contribution < 1.29 is 38.6 Å². The number of benzene rings is 3. The number of ether oxygens (including phenoxy) is 1. The number of Topliss-reactive ketones (excluding diaryl/α,β-unsaturated/α-hetero) is 2. The Balaban J connectivity index is 1.32. The van der Waals surface area contributed by atoms with Crippen LogP contribution in [0.25, 0.3) is 0 Å². The van der Waals surface area contributed by atoms with Crippen LogP contribution in [0.3, 0.4) is 0 Å². The number of carbonyl (C=O) groups is 6. The molecule has 2 aliphatic heterocycles. The molecule has 10 nitrogen and oxygen atoms in total. The standard InChI is InChI=1S/C37H32N2O8/c1-18(40)20-7-11-22(12-8-20)38-34(43)26-16-15-24-27(31(26)36(38)45)17-28-32(30(24)25-5-4-6-29(47-3)33(25)42)37(46)39(35(28)44)23-13-9-21(10-14-23)19(2)41/h4-15,26-28,30-32,42H,16-17H2,1-3H3/t26-,27+,28+,30+,31-,32+/m0/s1. The Kier molecular flexibility index (Phi) is 7.18. The predicted octanol–water partition coefficient (Wildman–Crippen LogP) is 4.85. The zero-order valence-electron chi connectivity index (χ0n) is 26.0. The van der Waals surface area contributed by atoms with Gasteiger partial charge < -0.3 is 9.84 Å². The smallest absolute Gasteiger partial charge is 0.238 e. The molecule has 238 valence electrons. The number of imide groups is 2. The number of phenols is 1. The molecule has 3 aromatic rings. The van der Waals surface area contributed by atoms with E-state index in [2.05, 4.69) is 0 Å². The molecule has 2 aliphatic carbocycles. The van der Waals surface area contributed by atoms with Gasteiger partial charge in [-0.2, -0.15) is 0 Å². The Morgan fingerprint density at radius 3 is 1.77 bits per heavy atom. The summed E-state index contributed by atoms with van der Waals surface area (Å²) in [7, 11) is 1.42. The minimum Gasteiger partial charge on any atom is -0.504 e. The largest absolute Gasteiger partial charge is 0.504 e. The lowest BCUT2D eigenvalue weighted by Gasteiger charge is -2.44. The molecule has 47 heavy (non-hydrogen) atoms. The van der Waals surface area contributed by atoms with E-state index in [0.29, 0.717) is 28.1 Å². The maximum absolute atomic E-state index is 14.3. The minimum atomic E-state index is -0.880. The third-order valence-electron chi connectivity index (χ3n) is 10.3. The monoisotopic (exact) mass is 632 g/mol. The number of phenolic OH excluding ortho intramolecular Hbond substituents is 1. The second-order valence-electron chi connectivity index (χ2n) is 12.7. The van der Waals surface area contributed by atoms with E-state index in [4.69, 9.17) is 4.74 Å². The van der Waals surface area contributed by atoms with Crippen molar-refractivity contribution in [2.24, 2.45) is 29.6 Å². The van der Waals surface area contributed by atoms with Gasteiger partial charge in [-0.25, -0.2) is 0 Å². The molecular weight excluding hydrogens is 600 g/mol. The van der Waals surface area contributed by atoms with Crippen LogP contribution >= 0.6 is 0 Å². The Hall–Kier alpha value is -5.38. The molecule has 1 N–H and O–H groups in total. The van der Waals surface area contributed by atoms with E-state index in [0.717, 1.165) is 10.5 Å². The minimum absolute atomic E-state index is 0.138. The van der Waals surface area contributed by atoms with E-state index in [1.807, 2.05) is 6.08 Å². The summed E-state index contributed by atoms with van der Waals surface area (Å²) >= 11 is 0. The number of allylic oxidation sites excluding steroid dienone is 2. The number of anilines is 2. The first kappa shape index (κ1) is 30.3. The van der Waals surface area contributed by atoms with Crippen LogP contribution in [0.2, 0.25) is 0 Å². The molecule has 3 aromatic carbocycles. The van der Waals surface area contributed by atoms with Crippen molar-refractivity contribution in [2.75, 3.05) is 16.9 Å². The van der Waals surface area contributed by atoms with Crippen LogP contribution in [0.4, 0.5) is 11.4 Å². The molecule has 3 fully saturated rings. The van der Waals surface area contributed by atoms with Gasteiger partial charge in [0.05, 0.1) is 42.2 Å². The van der Waals surface area contributed by atoms with Crippen LogP contribution in [-0.4, -0.2) is 47.4 Å². The number of methoxy groups -OCH3 is 1. The predicted molar refractivity (Wildman–Crippen MR) is 170 cm³/mol. The number of nitrogens with zero attached hydrogens (tertiary/aromatic N) is 2. The second kappa shape index (κ2) is 11.2. The molecule has 10 heteroatoms. The molecule has 0 unspecified atom stereocenters. The molecule has 4 amide bonds. The quantitative estimate of drug-likeness (QED) is 0.231. The SMILES string of the molecule is COc1cccc([C@H]2C3=CC[C@@H]4C(=O)N(c5ccc(C(C)=O)cc5)C(=O)[C@@H]4[C@@H]3C[C@H]3C(=O)N(c4ccc(C(C)=O)cc4)C(=O)[C@@H]23)c1O. The highest BCUT2D eigenvalue weighted by atomic mass is 16.5. The van der Waals surface area contributed by atoms with Crippen molar-refractivity contribution in [3.8, 4) is 11.5 Å². The maximum atomic E-state index is 14.3. The highest BCUT2D eigenvalue weighted by Crippen LogP contribution is 2.59. The van der Waals surface area contributed by atoms with E-state index < -0.39 is 53.2 Å². The highest BCUT2D eigenvalue weighted by molar-refractivity contribution is 6.24. The third kappa shape index (κ3) is 4.53. The molecule has 0 bridgehead atoms. The lowest BCUT2D eigenvalue weighted by atomic mass is 9.57. The van der Waals surface area contributed by atoms with Crippen molar-refractivity contribution in [1.29, 1.82) is 0 Å². The van der Waals surface area contributed by atoms with Gasteiger partial charge >= 0.3 is 0 Å². The third-order valence-corrected chi connectivity index (χ3v) is 10.3. The number of para-hydroxylation sites is 1. The number of fused-ring (bicyclic) bond motifs is 4. The van der Waals surface area contributed by atoms with E-state index in [1.165, 1.54) is 25.9 Å². The first-order valence-electron chi connectivity index (χ1n) is 15.6. The second-order valence-corrected chi connectivity index (χ2v) is 12.7. The number of hydrogen-bond acceptors (Lipinski definition) is 8. The summed E-state index contributed by atoms with van der Waals surface area (Å²) in [5.41, 5.74) is 2.73. The van der Waals surface area contributed by atoms with Crippen LogP contribution in [0, 0.1) is 29.6 Å². The van der Waals surface area contributed by atoms with E-state index in [9.17, 15) is 33.9 Å². The Morgan fingerprint density at radius 1 is 0.702 bits per heavy atom. The summed E-state index contributed by atoms with van der Waals surface area (Å²) in [5.74, 6) is -6.34. The van der Waals surface area contributed by atoms with Gasteiger partial charge in [-0.15, -0.1) is 0 Å². The maximum Gasteiger partial charge on any atom is 0.238 e. The van der Waals surface area contributed by atoms with Gasteiger partial charge in [0.15, 0.2) is 23.1 Å². The lowest BCUT2D eigenvalue weighted by Crippen LogP contribution is -2.43. The Bertz CT molecular complexity index is 1910. The van der Waals surface area contributed by atoms with Gasteiger partial charge in [0, 0.05) is 22.6 Å². The van der Waals surface area contributed by atoms with E-state index >= 15 is 0 Å². The number of amides is 4. The zero-order valence-corrected chi connectivity index (χ0v) is 26.0. The van der Waals surface area contributed by atoms with Crippen molar-refractivity contribution >= 4 is 46.6 Å². The van der Waals surface area contributed by atoms with Crippen molar-refractivity contribution in [3.05, 3.63) is 95.1 Å². The molecule has 7 rings (SSSR count). The van der Waals surface area contributed by atoms with Crippen molar-refractivity contribution in [1.82, 2.24) is 0 Å². The summed E-state index contributed by atoms with van der Waals surface area (Å²) in [4.78, 5) is 82.5. The van der Waals surface area contributed by atoms with Gasteiger partial charge in [-0.05, 0) is 87.2 Å². The molecule has 4 aliphatic rings. The fourth-order valence-electron chi connectivity index (χ4n) is 8.09. The van der Waals surface area contributed by atoms with E-state index in [-0.39, 0.29) is 41.8 Å². The molecule has 6 atom stereocenters. The normalized spacial score (nSPS) is 26.5. The first-order chi connectivity index (χ1) is 22.5. The van der Waals surface area contributed by atoms with Gasteiger partial charge in [-0.1, -0.05) is 23.8 Å². The van der Waals surface area contributed by atoms with Crippen LogP contribution < -0.4 is 14.5 Å². The van der Waals surface area contributed by atoms with Crippen molar-refractivity contribution in [2.45, 2.75) is 32.6 Å². The van der Waals surface area contributed by atoms with Gasteiger partial charge in [0.25, 0.3) is 0 Å². The number of rotatable bonds is 6. The Morgan fingerprint density at radius 2 is 1.23 bits per heavy atom. The topological polar surface area (TPSA) is 138 Å². The van der Waals surface area contributed by atoms with Crippen LogP contribution in [0.5, 0.6) is 11.5 Å². The fourth-order valence-corrected chi connectivity index (χ4v) is 8.09. The molecule has 2 saturated heterocycles. The van der Waals surface area contributed by atoms with Gasteiger partial charge in [0.2, 0.25) is 23.6 Å². The molecule has 0 aromatic heterocycles. The number of aromatic hydroxyl groups is 1. The average Bonchev–Trinajstić information content (AvgIpc) is 3.47. The van der Waals surface area contributed by atoms with Gasteiger partial charge in [0.1, 0.15) is 0 Å². The molecule has 0 spiro atoms. The number of carbonyl (C=O) groups excluding carboxylic acids is 6. The Labute approximate surface area is 270 Å². The molecule has 0 radical (unpaired) electrons. The van der Waals surface area contributed by atoms with Crippen LogP contribution in [-0.2, 0) is 19.2 Å². The van der Waals surface area contributed by atoms with Crippen LogP contribution in [0.15, 0.2) is 78.4 Å². The molecular formula is C37H32N2O8. The number of ketones is 2. The molecule has 2 heterocycles. The average molecular weight is 633 g/mol. The van der Waals surface area contributed by atoms with E-state index in [1.54, 1.807) is 66.7 Å². The summed E-state index contributed by atoms with van der Waals surface area (Å²) in [6.07, 6.45) is 2.32. The summed E-state index contributed by atoms with van der Waals surface area (Å²) in [6.45, 7) is 2.87. The summed E-state index contributed by atoms with van der Waals surface area (Å²) in [6, 6.07) is 17.6. The van der Waals surface area contributed by atoms with Crippen LogP contribution in [0.1, 0.15) is 58.9 Å². The molecule has 1 saturated carbocycles. The highest BCUT2D eigenvalue weighted by Gasteiger charge is 2.62. The summed E-state index contributed by atoms with van der Waals surface area (Å²) < 4.78 is 5.39. The fraction of sp³-hybridized carbons (Fsp3) is 0.297. The first-order valence-corrected chi connectivity index (χ1v) is 15.6. The lowest BCUT2D eigenvalue weighted by molar-refractivity contribution is -0.126. The summed E-state index contributed by atoms with van der Waals surface area (Å²) in [5, 5.41) is 11.4. The van der Waals surface area contributed by atoms with Crippen molar-refractivity contribution in [3.63, 3.8) is 0 Å². The van der Waals surface area contributed by atoms with Gasteiger partial charge in [-0.3, -0.25) is 38.6 Å². The zero-order chi connectivity index (χ0) is 33.3.